The van der Waals surface area contributed by atoms with Crippen molar-refractivity contribution in [2.75, 3.05) is 20.3 Å². The Morgan fingerprint density at radius 2 is 2.25 bits per heavy atom. The molecular formula is C10H13N3O3. The van der Waals surface area contributed by atoms with Crippen LogP contribution < -0.4 is 10.9 Å². The number of hydrogen-bond acceptors (Lipinski definition) is 4. The van der Waals surface area contributed by atoms with Crippen LogP contribution in [0.1, 0.15) is 21.9 Å². The van der Waals surface area contributed by atoms with Gasteiger partial charge in [-0.05, 0) is 6.42 Å². The number of aromatic amines is 1. The van der Waals surface area contributed by atoms with Crippen molar-refractivity contribution in [1.82, 2.24) is 15.3 Å². The zero-order chi connectivity index (χ0) is 11.5. The molecule has 1 aliphatic heterocycles. The van der Waals surface area contributed by atoms with Crippen LogP contribution in [0.5, 0.6) is 0 Å². The number of aromatic nitrogens is 2. The van der Waals surface area contributed by atoms with Crippen LogP contribution in [-0.4, -0.2) is 36.1 Å². The van der Waals surface area contributed by atoms with Gasteiger partial charge in [-0.3, -0.25) is 9.59 Å². The molecular weight excluding hydrogens is 210 g/mol. The van der Waals surface area contributed by atoms with E-state index in [-0.39, 0.29) is 17.2 Å². The molecule has 86 valence electrons. The Balaban J connectivity index is 2.39. The second kappa shape index (κ2) is 4.44. The highest BCUT2D eigenvalue weighted by atomic mass is 16.5. The number of fused-ring (bicyclic) bond motifs is 1. The molecule has 16 heavy (non-hydrogen) atoms. The van der Waals surface area contributed by atoms with Gasteiger partial charge >= 0.3 is 0 Å². The summed E-state index contributed by atoms with van der Waals surface area (Å²) in [5.74, 6) is 0.216. The molecule has 0 saturated carbocycles. The van der Waals surface area contributed by atoms with Crippen molar-refractivity contribution in [1.29, 1.82) is 0 Å². The Kier molecular flexibility index (Phi) is 3.00. The first-order valence-electron chi connectivity index (χ1n) is 5.11. The largest absolute Gasteiger partial charge is 0.384 e. The summed E-state index contributed by atoms with van der Waals surface area (Å²) in [6, 6.07) is 0. The van der Waals surface area contributed by atoms with Gasteiger partial charge in [0.1, 0.15) is 11.5 Å². The number of hydrogen-bond donors (Lipinski definition) is 2. The molecule has 2 N–H and O–H groups in total. The van der Waals surface area contributed by atoms with Crippen LogP contribution in [0, 0.1) is 0 Å². The lowest BCUT2D eigenvalue weighted by Crippen LogP contribution is -2.37. The summed E-state index contributed by atoms with van der Waals surface area (Å²) in [4.78, 5) is 30.0. The average molecular weight is 223 g/mol. The molecule has 0 unspecified atom stereocenters. The summed E-state index contributed by atoms with van der Waals surface area (Å²) < 4.78 is 4.89. The molecule has 6 nitrogen and oxygen atoms in total. The van der Waals surface area contributed by atoms with Crippen molar-refractivity contribution in [3.05, 3.63) is 27.4 Å². The summed E-state index contributed by atoms with van der Waals surface area (Å²) in [6.07, 6.45) is 1.03. The van der Waals surface area contributed by atoms with Gasteiger partial charge in [-0.25, -0.2) is 4.98 Å². The molecule has 0 bridgehead atoms. The van der Waals surface area contributed by atoms with Crippen LogP contribution >= 0.6 is 0 Å². The molecule has 0 radical (unpaired) electrons. The minimum atomic E-state index is -0.272. The normalized spacial score (nSPS) is 14.4. The van der Waals surface area contributed by atoms with E-state index in [1.165, 1.54) is 0 Å². The van der Waals surface area contributed by atoms with Gasteiger partial charge in [0.25, 0.3) is 11.5 Å². The second-order valence-electron chi connectivity index (χ2n) is 3.59. The van der Waals surface area contributed by atoms with E-state index in [1.807, 2.05) is 0 Å². The smallest absolute Gasteiger partial charge is 0.270 e. The van der Waals surface area contributed by atoms with E-state index in [9.17, 15) is 9.59 Å². The highest BCUT2D eigenvalue weighted by molar-refractivity contribution is 5.94. The molecule has 0 atom stereocenters. The Labute approximate surface area is 92.0 Å². The SMILES string of the molecule is COCCc1nc2c(c(=O)[nH]1)CCNC2=O. The number of nitrogens with one attached hydrogen (secondary N) is 2. The molecule has 0 saturated heterocycles. The predicted octanol–water partition coefficient (Wildman–Crippen LogP) is -0.755. The zero-order valence-electron chi connectivity index (χ0n) is 9.00. The van der Waals surface area contributed by atoms with E-state index in [1.54, 1.807) is 7.11 Å². The number of carbonyl (C=O) groups is 1. The highest BCUT2D eigenvalue weighted by Crippen LogP contribution is 2.06. The van der Waals surface area contributed by atoms with Gasteiger partial charge < -0.3 is 15.0 Å². The zero-order valence-corrected chi connectivity index (χ0v) is 9.00. The molecule has 0 fully saturated rings. The van der Waals surface area contributed by atoms with Crippen LogP contribution in [0.2, 0.25) is 0 Å². The lowest BCUT2D eigenvalue weighted by Gasteiger charge is -2.15. The van der Waals surface area contributed by atoms with Crippen LogP contribution in [0.3, 0.4) is 0 Å². The molecule has 2 heterocycles. The summed E-state index contributed by atoms with van der Waals surface area (Å²) in [5, 5.41) is 2.66. The van der Waals surface area contributed by atoms with Crippen molar-refractivity contribution in [3.8, 4) is 0 Å². The fourth-order valence-corrected chi connectivity index (χ4v) is 1.67. The van der Waals surface area contributed by atoms with Crippen molar-refractivity contribution in [2.24, 2.45) is 0 Å². The maximum absolute atomic E-state index is 11.7. The molecule has 1 aliphatic rings. The van der Waals surface area contributed by atoms with Gasteiger partial charge in [0.15, 0.2) is 0 Å². The van der Waals surface area contributed by atoms with Crippen LogP contribution in [0.25, 0.3) is 0 Å². The average Bonchev–Trinajstić information content (AvgIpc) is 2.28. The van der Waals surface area contributed by atoms with Crippen molar-refractivity contribution < 1.29 is 9.53 Å². The van der Waals surface area contributed by atoms with E-state index in [4.69, 9.17) is 4.74 Å². The molecule has 2 rings (SSSR count). The van der Waals surface area contributed by atoms with Gasteiger partial charge in [0.05, 0.1) is 12.2 Å². The first-order chi connectivity index (χ1) is 7.72. The van der Waals surface area contributed by atoms with Crippen LogP contribution in [0.4, 0.5) is 0 Å². The fourth-order valence-electron chi connectivity index (χ4n) is 1.67. The number of rotatable bonds is 3. The monoisotopic (exact) mass is 223 g/mol. The van der Waals surface area contributed by atoms with Gasteiger partial charge in [-0.2, -0.15) is 0 Å². The third-order valence-corrected chi connectivity index (χ3v) is 2.48. The molecule has 6 heteroatoms. The third-order valence-electron chi connectivity index (χ3n) is 2.48. The summed E-state index contributed by atoms with van der Waals surface area (Å²) in [7, 11) is 1.57. The van der Waals surface area contributed by atoms with Crippen molar-refractivity contribution >= 4 is 5.91 Å². The Morgan fingerprint density at radius 1 is 1.44 bits per heavy atom. The van der Waals surface area contributed by atoms with Gasteiger partial charge in [-0.15, -0.1) is 0 Å². The third kappa shape index (κ3) is 1.96. The number of methoxy groups -OCH3 is 1. The lowest BCUT2D eigenvalue weighted by molar-refractivity contribution is 0.0939. The van der Waals surface area contributed by atoms with Crippen molar-refractivity contribution in [3.63, 3.8) is 0 Å². The Bertz CT molecular complexity index is 467. The summed E-state index contributed by atoms with van der Waals surface area (Å²) in [5.41, 5.74) is 0.511. The maximum Gasteiger partial charge on any atom is 0.270 e. The molecule has 0 spiro atoms. The topological polar surface area (TPSA) is 84.1 Å². The summed E-state index contributed by atoms with van der Waals surface area (Å²) in [6.45, 7) is 0.956. The molecule has 1 amide bonds. The number of H-pyrrole nitrogens is 1. The lowest BCUT2D eigenvalue weighted by atomic mass is 10.1. The predicted molar refractivity (Wildman–Crippen MR) is 56.5 cm³/mol. The number of amides is 1. The second-order valence-corrected chi connectivity index (χ2v) is 3.59. The van der Waals surface area contributed by atoms with Crippen molar-refractivity contribution in [2.45, 2.75) is 12.8 Å². The number of nitrogens with zero attached hydrogens (tertiary/aromatic N) is 1. The molecule has 0 aliphatic carbocycles. The van der Waals surface area contributed by atoms with E-state index in [0.717, 1.165) is 0 Å². The number of ether oxygens (including phenoxy) is 1. The summed E-state index contributed by atoms with van der Waals surface area (Å²) >= 11 is 0. The molecule has 0 aromatic carbocycles. The van der Waals surface area contributed by atoms with E-state index < -0.39 is 0 Å². The first-order valence-corrected chi connectivity index (χ1v) is 5.11. The van der Waals surface area contributed by atoms with Gasteiger partial charge in [0.2, 0.25) is 0 Å². The van der Waals surface area contributed by atoms with E-state index in [0.29, 0.717) is 37.4 Å². The standard InChI is InChI=1S/C10H13N3O3/c1-16-5-3-7-12-8-6(9(14)13-7)2-4-11-10(8)15/h2-5H2,1H3,(H,11,15)(H,12,13,14). The highest BCUT2D eigenvalue weighted by Gasteiger charge is 2.21. The first kappa shape index (κ1) is 10.8. The minimum Gasteiger partial charge on any atom is -0.384 e. The van der Waals surface area contributed by atoms with Crippen LogP contribution in [-0.2, 0) is 17.6 Å². The fraction of sp³-hybridized carbons (Fsp3) is 0.500. The maximum atomic E-state index is 11.7. The Morgan fingerprint density at radius 3 is 3.00 bits per heavy atom. The quantitative estimate of drug-likeness (QED) is 0.705. The van der Waals surface area contributed by atoms with E-state index >= 15 is 0 Å². The van der Waals surface area contributed by atoms with Gasteiger partial charge in [0, 0.05) is 20.1 Å². The van der Waals surface area contributed by atoms with Gasteiger partial charge in [-0.1, -0.05) is 0 Å². The number of carbonyl (C=O) groups excluding carboxylic acids is 1. The molecule has 1 aromatic heterocycles. The Hall–Kier alpha value is -1.69. The minimum absolute atomic E-state index is 0.217. The van der Waals surface area contributed by atoms with Crippen LogP contribution in [0.15, 0.2) is 4.79 Å². The molecule has 1 aromatic rings. The van der Waals surface area contributed by atoms with E-state index in [2.05, 4.69) is 15.3 Å².